The minimum Gasteiger partial charge on any atom is -0.366 e. The highest BCUT2D eigenvalue weighted by atomic mass is 16.1. The highest BCUT2D eigenvalue weighted by molar-refractivity contribution is 5.93. The third-order valence-corrected chi connectivity index (χ3v) is 2.69. The zero-order valence-corrected chi connectivity index (χ0v) is 10.3. The van der Waals surface area contributed by atoms with Crippen molar-refractivity contribution in [2.45, 2.75) is 32.9 Å². The molecule has 0 bridgehead atoms. The van der Waals surface area contributed by atoms with E-state index >= 15 is 0 Å². The van der Waals surface area contributed by atoms with Gasteiger partial charge in [-0.2, -0.15) is 0 Å². The van der Waals surface area contributed by atoms with Gasteiger partial charge in [0.1, 0.15) is 0 Å². The summed E-state index contributed by atoms with van der Waals surface area (Å²) in [5, 5.41) is 3.33. The number of rotatable bonds is 5. The van der Waals surface area contributed by atoms with Gasteiger partial charge in [0.2, 0.25) is 5.91 Å². The summed E-state index contributed by atoms with van der Waals surface area (Å²) in [6.45, 7) is 4.76. The molecule has 0 aliphatic heterocycles. The maximum absolute atomic E-state index is 11.0. The largest absolute Gasteiger partial charge is 0.366 e. The second-order valence-corrected chi connectivity index (χ2v) is 4.20. The van der Waals surface area contributed by atoms with E-state index in [4.69, 9.17) is 12.2 Å². The van der Waals surface area contributed by atoms with Gasteiger partial charge in [-0.25, -0.2) is 0 Å². The van der Waals surface area contributed by atoms with Crippen molar-refractivity contribution in [2.75, 3.05) is 0 Å². The summed E-state index contributed by atoms with van der Waals surface area (Å²) in [7, 11) is 0. The minimum absolute atomic E-state index is 0.287. The molecule has 1 unspecified atom stereocenters. The number of hydrogen-bond acceptors (Lipinski definition) is 2. The van der Waals surface area contributed by atoms with E-state index in [-0.39, 0.29) is 6.04 Å². The van der Waals surface area contributed by atoms with Crippen molar-refractivity contribution >= 4 is 5.91 Å². The molecule has 1 rings (SSSR count). The van der Waals surface area contributed by atoms with Gasteiger partial charge in [0.25, 0.3) is 0 Å². The molecule has 0 aliphatic carbocycles. The van der Waals surface area contributed by atoms with Crippen molar-refractivity contribution in [3.63, 3.8) is 0 Å². The van der Waals surface area contributed by atoms with Crippen molar-refractivity contribution in [2.24, 2.45) is 5.73 Å². The van der Waals surface area contributed by atoms with Gasteiger partial charge in [-0.1, -0.05) is 6.07 Å². The number of carbonyl (C=O) groups excluding carboxylic acids is 1. The highest BCUT2D eigenvalue weighted by Gasteiger charge is 2.05. The summed E-state index contributed by atoms with van der Waals surface area (Å²) in [6, 6.07) is 5.77. The van der Waals surface area contributed by atoms with E-state index in [0.717, 1.165) is 17.7 Å². The Morgan fingerprint density at radius 2 is 2.29 bits per heavy atom. The van der Waals surface area contributed by atoms with Gasteiger partial charge < -0.3 is 11.1 Å². The van der Waals surface area contributed by atoms with Crippen LogP contribution in [0, 0.1) is 19.3 Å². The number of amides is 1. The average Bonchev–Trinajstić information content (AvgIpc) is 2.27. The summed E-state index contributed by atoms with van der Waals surface area (Å²) in [5.74, 6) is 2.22. The van der Waals surface area contributed by atoms with Crippen molar-refractivity contribution in [1.82, 2.24) is 5.32 Å². The van der Waals surface area contributed by atoms with E-state index in [0.29, 0.717) is 12.0 Å². The Morgan fingerprint density at radius 1 is 1.59 bits per heavy atom. The number of carbonyl (C=O) groups is 1. The van der Waals surface area contributed by atoms with E-state index in [1.807, 2.05) is 26.0 Å². The zero-order valence-electron chi connectivity index (χ0n) is 10.3. The normalized spacial score (nSPS) is 11.8. The molecule has 0 heterocycles. The lowest BCUT2D eigenvalue weighted by Gasteiger charge is -2.13. The van der Waals surface area contributed by atoms with Crippen LogP contribution in [0.15, 0.2) is 18.2 Å². The smallest absolute Gasteiger partial charge is 0.248 e. The first-order valence-electron chi connectivity index (χ1n) is 5.60. The van der Waals surface area contributed by atoms with Gasteiger partial charge in [0.15, 0.2) is 0 Å². The Labute approximate surface area is 102 Å². The minimum atomic E-state index is -0.395. The van der Waals surface area contributed by atoms with Gasteiger partial charge in [0, 0.05) is 24.6 Å². The van der Waals surface area contributed by atoms with Gasteiger partial charge in [0.05, 0.1) is 0 Å². The van der Waals surface area contributed by atoms with Crippen LogP contribution in [0.2, 0.25) is 0 Å². The second kappa shape index (κ2) is 6.07. The first-order chi connectivity index (χ1) is 8.04. The van der Waals surface area contributed by atoms with Gasteiger partial charge in [-0.05, 0) is 37.1 Å². The predicted molar refractivity (Wildman–Crippen MR) is 69.4 cm³/mol. The van der Waals surface area contributed by atoms with Crippen LogP contribution in [-0.4, -0.2) is 11.9 Å². The van der Waals surface area contributed by atoms with Crippen LogP contribution in [0.3, 0.4) is 0 Å². The SMILES string of the molecule is C#CCC(C)NCc1ccc(C(N)=O)cc1C. The number of primary amides is 1. The van der Waals surface area contributed by atoms with Gasteiger partial charge in [-0.3, -0.25) is 4.79 Å². The molecule has 1 amide bonds. The van der Waals surface area contributed by atoms with Crippen LogP contribution in [0.1, 0.15) is 34.8 Å². The third-order valence-electron chi connectivity index (χ3n) is 2.69. The molecule has 17 heavy (non-hydrogen) atoms. The Balaban J connectivity index is 2.67. The van der Waals surface area contributed by atoms with Gasteiger partial charge in [-0.15, -0.1) is 12.3 Å². The molecule has 3 N–H and O–H groups in total. The first kappa shape index (κ1) is 13.3. The molecule has 0 saturated carbocycles. The Morgan fingerprint density at radius 3 is 2.82 bits per heavy atom. The van der Waals surface area contributed by atoms with E-state index in [9.17, 15) is 4.79 Å². The molecule has 3 nitrogen and oxygen atoms in total. The lowest BCUT2D eigenvalue weighted by molar-refractivity contribution is 0.1000. The molecule has 0 saturated heterocycles. The summed E-state index contributed by atoms with van der Waals surface area (Å²) < 4.78 is 0. The van der Waals surface area contributed by atoms with Crippen molar-refractivity contribution in [3.05, 3.63) is 34.9 Å². The van der Waals surface area contributed by atoms with Crippen LogP contribution in [-0.2, 0) is 6.54 Å². The monoisotopic (exact) mass is 230 g/mol. The molecule has 0 aliphatic rings. The average molecular weight is 230 g/mol. The zero-order chi connectivity index (χ0) is 12.8. The van der Waals surface area contributed by atoms with Crippen molar-refractivity contribution < 1.29 is 4.79 Å². The van der Waals surface area contributed by atoms with Crippen LogP contribution < -0.4 is 11.1 Å². The fourth-order valence-corrected chi connectivity index (χ4v) is 1.58. The summed E-state index contributed by atoms with van der Waals surface area (Å²) in [6.07, 6.45) is 5.95. The van der Waals surface area contributed by atoms with Crippen LogP contribution in [0.4, 0.5) is 0 Å². The fraction of sp³-hybridized carbons (Fsp3) is 0.357. The Hall–Kier alpha value is -1.79. The van der Waals surface area contributed by atoms with Crippen LogP contribution in [0.25, 0.3) is 0 Å². The van der Waals surface area contributed by atoms with Crippen molar-refractivity contribution in [1.29, 1.82) is 0 Å². The Kier molecular flexibility index (Phi) is 4.74. The lowest BCUT2D eigenvalue weighted by Crippen LogP contribution is -2.25. The van der Waals surface area contributed by atoms with E-state index in [2.05, 4.69) is 11.2 Å². The number of nitrogens with one attached hydrogen (secondary N) is 1. The molecular weight excluding hydrogens is 212 g/mol. The molecule has 3 heteroatoms. The summed E-state index contributed by atoms with van der Waals surface area (Å²) in [5.41, 5.74) is 7.97. The highest BCUT2D eigenvalue weighted by Crippen LogP contribution is 2.11. The number of terminal acetylenes is 1. The van der Waals surface area contributed by atoms with Crippen LogP contribution in [0.5, 0.6) is 0 Å². The maximum atomic E-state index is 11.0. The molecule has 0 spiro atoms. The first-order valence-corrected chi connectivity index (χ1v) is 5.60. The molecule has 1 aromatic rings. The molecule has 1 aromatic carbocycles. The van der Waals surface area contributed by atoms with Crippen molar-refractivity contribution in [3.8, 4) is 12.3 Å². The topological polar surface area (TPSA) is 55.1 Å². The quantitative estimate of drug-likeness (QED) is 0.755. The van der Waals surface area contributed by atoms with Gasteiger partial charge >= 0.3 is 0 Å². The number of benzene rings is 1. The maximum Gasteiger partial charge on any atom is 0.248 e. The molecule has 0 radical (unpaired) electrons. The molecule has 1 atom stereocenters. The third kappa shape index (κ3) is 3.93. The van der Waals surface area contributed by atoms with E-state index in [1.165, 1.54) is 0 Å². The van der Waals surface area contributed by atoms with Crippen LogP contribution >= 0.6 is 0 Å². The number of aryl methyl sites for hydroxylation is 1. The summed E-state index contributed by atoms with van der Waals surface area (Å²) >= 11 is 0. The summed E-state index contributed by atoms with van der Waals surface area (Å²) in [4.78, 5) is 11.0. The molecule has 0 fully saturated rings. The lowest BCUT2D eigenvalue weighted by atomic mass is 10.0. The fourth-order valence-electron chi connectivity index (χ4n) is 1.58. The number of hydrogen-bond donors (Lipinski definition) is 2. The Bertz CT molecular complexity index is 446. The van der Waals surface area contributed by atoms with E-state index < -0.39 is 5.91 Å². The van der Waals surface area contributed by atoms with E-state index in [1.54, 1.807) is 6.07 Å². The standard InChI is InChI=1S/C14H18N2O/c1-4-5-11(3)16-9-13-7-6-12(14(15)17)8-10(13)2/h1,6-8,11,16H,5,9H2,2-3H3,(H2,15,17). The predicted octanol–water partition coefficient (Wildman–Crippen LogP) is 1.60. The number of nitrogens with two attached hydrogens (primary N) is 1. The molecule has 0 aromatic heterocycles. The second-order valence-electron chi connectivity index (χ2n) is 4.20. The molecule has 90 valence electrons. The molecular formula is C14H18N2O.